The fourth-order valence-corrected chi connectivity index (χ4v) is 2.91. The number of halogens is 3. The Balaban J connectivity index is 2.47. The van der Waals surface area contributed by atoms with E-state index in [1.54, 1.807) is 12.1 Å². The van der Waals surface area contributed by atoms with Crippen molar-refractivity contribution in [3.8, 4) is 16.9 Å². The molecule has 0 radical (unpaired) electrons. The van der Waals surface area contributed by atoms with Gasteiger partial charge in [-0.3, -0.25) is 0 Å². The molecule has 0 heterocycles. The van der Waals surface area contributed by atoms with Crippen molar-refractivity contribution < 1.29 is 4.74 Å². The summed E-state index contributed by atoms with van der Waals surface area (Å²) in [4.78, 5) is 0. The third kappa shape index (κ3) is 3.64. The second-order valence-electron chi connectivity index (χ2n) is 4.72. The summed E-state index contributed by atoms with van der Waals surface area (Å²) < 4.78 is 5.42. The molecule has 2 aromatic rings. The van der Waals surface area contributed by atoms with Gasteiger partial charge < -0.3 is 10.5 Å². The van der Waals surface area contributed by atoms with Crippen LogP contribution in [0, 0.1) is 0 Å². The number of hydrogen-bond donors (Lipinski definition) is 1. The molecule has 0 bridgehead atoms. The molecule has 2 rings (SSSR count). The van der Waals surface area contributed by atoms with Gasteiger partial charge >= 0.3 is 0 Å². The monoisotopic (exact) mass is 343 g/mol. The summed E-state index contributed by atoms with van der Waals surface area (Å²) in [5, 5.41) is 1.69. The second-order valence-corrected chi connectivity index (χ2v) is 5.94. The van der Waals surface area contributed by atoms with Crippen LogP contribution in [0.25, 0.3) is 11.1 Å². The number of rotatable bonds is 4. The van der Waals surface area contributed by atoms with Crippen LogP contribution < -0.4 is 10.5 Å². The summed E-state index contributed by atoms with van der Waals surface area (Å²) in [6.07, 6.45) is 0. The molecule has 21 heavy (non-hydrogen) atoms. The highest BCUT2D eigenvalue weighted by atomic mass is 35.5. The molecule has 112 valence electrons. The number of hydrogen-bond acceptors (Lipinski definition) is 2. The summed E-state index contributed by atoms with van der Waals surface area (Å²) in [6.45, 7) is 4.32. The van der Waals surface area contributed by atoms with Crippen molar-refractivity contribution in [3.05, 3.63) is 51.0 Å². The van der Waals surface area contributed by atoms with Gasteiger partial charge in [0.2, 0.25) is 0 Å². The summed E-state index contributed by atoms with van der Waals surface area (Å²) in [7, 11) is 0. The minimum absolute atomic E-state index is 0.119. The Hall–Kier alpha value is -0.930. The van der Waals surface area contributed by atoms with Gasteiger partial charge in [0.1, 0.15) is 5.75 Å². The Morgan fingerprint density at radius 3 is 2.33 bits per heavy atom. The van der Waals surface area contributed by atoms with Crippen LogP contribution in [0.15, 0.2) is 30.3 Å². The van der Waals surface area contributed by atoms with Gasteiger partial charge in [0.05, 0.1) is 16.7 Å². The van der Waals surface area contributed by atoms with E-state index in [-0.39, 0.29) is 6.04 Å². The molecule has 0 aliphatic heterocycles. The highest BCUT2D eigenvalue weighted by Crippen LogP contribution is 2.38. The van der Waals surface area contributed by atoms with Gasteiger partial charge in [-0.25, -0.2) is 0 Å². The fourth-order valence-electron chi connectivity index (χ4n) is 2.08. The second kappa shape index (κ2) is 6.89. The molecule has 0 aromatic heterocycles. The van der Waals surface area contributed by atoms with E-state index >= 15 is 0 Å². The van der Waals surface area contributed by atoms with Crippen molar-refractivity contribution >= 4 is 34.8 Å². The Morgan fingerprint density at radius 1 is 1.05 bits per heavy atom. The van der Waals surface area contributed by atoms with Crippen LogP contribution in [0.2, 0.25) is 15.1 Å². The lowest BCUT2D eigenvalue weighted by molar-refractivity contribution is 0.340. The average molecular weight is 345 g/mol. The number of benzene rings is 2. The maximum Gasteiger partial charge on any atom is 0.139 e. The van der Waals surface area contributed by atoms with Crippen LogP contribution >= 0.6 is 34.8 Å². The first-order valence-corrected chi connectivity index (χ1v) is 7.74. The molecule has 0 saturated heterocycles. The Kier molecular flexibility index (Phi) is 5.39. The highest BCUT2D eigenvalue weighted by Gasteiger charge is 2.12. The molecule has 1 unspecified atom stereocenters. The van der Waals surface area contributed by atoms with E-state index in [9.17, 15) is 0 Å². The van der Waals surface area contributed by atoms with Gasteiger partial charge in [-0.1, -0.05) is 46.9 Å². The zero-order valence-corrected chi connectivity index (χ0v) is 14.1. The van der Waals surface area contributed by atoms with E-state index in [1.165, 1.54) is 0 Å². The predicted molar refractivity (Wildman–Crippen MR) is 90.7 cm³/mol. The molecule has 0 aliphatic carbocycles. The van der Waals surface area contributed by atoms with E-state index in [0.29, 0.717) is 27.4 Å². The number of nitrogens with two attached hydrogens (primary N) is 1. The zero-order valence-electron chi connectivity index (χ0n) is 11.8. The van der Waals surface area contributed by atoms with Crippen LogP contribution in [-0.2, 0) is 0 Å². The Bertz CT molecular complexity index is 656. The van der Waals surface area contributed by atoms with Crippen molar-refractivity contribution in [2.24, 2.45) is 5.73 Å². The van der Waals surface area contributed by atoms with Gasteiger partial charge in [-0.2, -0.15) is 0 Å². The summed E-state index contributed by atoms with van der Waals surface area (Å²) in [6, 6.07) is 9.07. The van der Waals surface area contributed by atoms with Crippen LogP contribution in [0.4, 0.5) is 0 Å². The first kappa shape index (κ1) is 16.4. The lowest BCUT2D eigenvalue weighted by Gasteiger charge is -2.13. The minimum atomic E-state index is -0.119. The molecule has 0 amide bonds. The van der Waals surface area contributed by atoms with E-state index in [2.05, 4.69) is 0 Å². The van der Waals surface area contributed by atoms with Crippen molar-refractivity contribution in [3.63, 3.8) is 0 Å². The molecule has 2 nitrogen and oxygen atoms in total. The molecule has 2 aromatic carbocycles. The molecule has 0 aliphatic rings. The van der Waals surface area contributed by atoms with Crippen LogP contribution in [0.1, 0.15) is 25.5 Å². The SMILES string of the molecule is CCOc1cc(Cl)c(-c2ccc(C(C)N)c(Cl)c2)cc1Cl. The zero-order chi connectivity index (χ0) is 15.6. The smallest absolute Gasteiger partial charge is 0.139 e. The molecule has 0 saturated carbocycles. The van der Waals surface area contributed by atoms with Crippen molar-refractivity contribution in [2.45, 2.75) is 19.9 Å². The molecular formula is C16H16Cl3NO. The van der Waals surface area contributed by atoms with E-state index in [0.717, 1.165) is 16.7 Å². The van der Waals surface area contributed by atoms with Gasteiger partial charge in [-0.15, -0.1) is 0 Å². The quantitative estimate of drug-likeness (QED) is 0.768. The molecular weight excluding hydrogens is 329 g/mol. The maximum atomic E-state index is 6.32. The Labute approximate surface area is 139 Å². The summed E-state index contributed by atoms with van der Waals surface area (Å²) in [5.41, 5.74) is 8.46. The van der Waals surface area contributed by atoms with Gasteiger partial charge in [0.15, 0.2) is 0 Å². The molecule has 1 atom stereocenters. The third-order valence-corrected chi connectivity index (χ3v) is 4.06. The van der Waals surface area contributed by atoms with Gasteiger partial charge in [0.25, 0.3) is 0 Å². The standard InChI is InChI=1S/C16H16Cl3NO/c1-3-21-16-8-14(18)12(7-15(16)19)10-4-5-11(9(2)20)13(17)6-10/h4-9H,3,20H2,1-2H3. The van der Waals surface area contributed by atoms with Crippen molar-refractivity contribution in [2.75, 3.05) is 6.61 Å². The van der Waals surface area contributed by atoms with Crippen molar-refractivity contribution in [1.29, 1.82) is 0 Å². The minimum Gasteiger partial charge on any atom is -0.492 e. The topological polar surface area (TPSA) is 35.2 Å². The largest absolute Gasteiger partial charge is 0.492 e. The maximum absolute atomic E-state index is 6.32. The molecule has 0 fully saturated rings. The summed E-state index contributed by atoms with van der Waals surface area (Å²) >= 11 is 18.8. The fraction of sp³-hybridized carbons (Fsp3) is 0.250. The van der Waals surface area contributed by atoms with E-state index in [1.807, 2.05) is 32.0 Å². The molecule has 2 N–H and O–H groups in total. The Morgan fingerprint density at radius 2 is 1.76 bits per heavy atom. The van der Waals surface area contributed by atoms with Crippen LogP contribution in [-0.4, -0.2) is 6.61 Å². The first-order valence-electron chi connectivity index (χ1n) is 6.61. The van der Waals surface area contributed by atoms with E-state index < -0.39 is 0 Å². The normalized spacial score (nSPS) is 12.3. The van der Waals surface area contributed by atoms with Gasteiger partial charge in [-0.05, 0) is 37.1 Å². The van der Waals surface area contributed by atoms with Crippen LogP contribution in [0.3, 0.4) is 0 Å². The van der Waals surface area contributed by atoms with Crippen LogP contribution in [0.5, 0.6) is 5.75 Å². The average Bonchev–Trinajstić information content (AvgIpc) is 2.42. The third-order valence-electron chi connectivity index (χ3n) is 3.12. The summed E-state index contributed by atoms with van der Waals surface area (Å²) in [5.74, 6) is 0.575. The van der Waals surface area contributed by atoms with Gasteiger partial charge in [0, 0.05) is 22.7 Å². The number of ether oxygens (including phenoxy) is 1. The highest BCUT2D eigenvalue weighted by molar-refractivity contribution is 6.36. The lowest BCUT2D eigenvalue weighted by Crippen LogP contribution is -2.05. The molecule has 5 heteroatoms. The predicted octanol–water partition coefficient (Wildman–Crippen LogP) is 5.73. The van der Waals surface area contributed by atoms with Crippen molar-refractivity contribution in [1.82, 2.24) is 0 Å². The van der Waals surface area contributed by atoms with E-state index in [4.69, 9.17) is 45.3 Å². The first-order chi connectivity index (χ1) is 9.93. The molecule has 0 spiro atoms. The lowest BCUT2D eigenvalue weighted by atomic mass is 10.0.